The highest BCUT2D eigenvalue weighted by molar-refractivity contribution is 5.96. The second-order valence-electron chi connectivity index (χ2n) is 4.44. The zero-order chi connectivity index (χ0) is 11.1. The number of ketones is 1. The van der Waals surface area contributed by atoms with Crippen LogP contribution in [0, 0.1) is 0 Å². The Kier molecular flexibility index (Phi) is 5.62. The van der Waals surface area contributed by atoms with Crippen molar-refractivity contribution < 1.29 is 4.79 Å². The Hall–Kier alpha value is -0.630. The molecule has 0 spiro atoms. The molecule has 0 aliphatic heterocycles. The molecule has 1 aliphatic carbocycles. The Labute approximate surface area is 93.1 Å². The maximum absolute atomic E-state index is 11.8. The summed E-state index contributed by atoms with van der Waals surface area (Å²) in [5, 5.41) is 3.26. The van der Waals surface area contributed by atoms with Gasteiger partial charge in [0.25, 0.3) is 0 Å². The van der Waals surface area contributed by atoms with Crippen LogP contribution in [0.2, 0.25) is 0 Å². The van der Waals surface area contributed by atoms with E-state index >= 15 is 0 Å². The molecule has 1 aliphatic rings. The summed E-state index contributed by atoms with van der Waals surface area (Å²) in [4.78, 5) is 11.8. The van der Waals surface area contributed by atoms with Crippen LogP contribution < -0.4 is 5.32 Å². The first-order valence-corrected chi connectivity index (χ1v) is 6.19. The molecule has 0 aromatic carbocycles. The molecule has 0 aromatic rings. The van der Waals surface area contributed by atoms with E-state index < -0.39 is 0 Å². The van der Waals surface area contributed by atoms with E-state index in [1.165, 1.54) is 19.3 Å². The fourth-order valence-corrected chi connectivity index (χ4v) is 1.79. The van der Waals surface area contributed by atoms with Gasteiger partial charge in [-0.25, -0.2) is 0 Å². The molecule has 0 radical (unpaired) electrons. The predicted octanol–water partition coefficient (Wildman–Crippen LogP) is 2.83. The van der Waals surface area contributed by atoms with Crippen LogP contribution in [0.5, 0.6) is 0 Å². The lowest BCUT2D eigenvalue weighted by Gasteiger charge is -2.11. The van der Waals surface area contributed by atoms with Crippen molar-refractivity contribution in [1.82, 2.24) is 5.32 Å². The zero-order valence-corrected chi connectivity index (χ0v) is 10.0. The number of Topliss-reactive ketones (excluding diaryl/α,β-unsaturated/α-hetero) is 1. The van der Waals surface area contributed by atoms with Gasteiger partial charge in [0, 0.05) is 6.04 Å². The quantitative estimate of drug-likeness (QED) is 0.754. The van der Waals surface area contributed by atoms with Crippen LogP contribution >= 0.6 is 0 Å². The van der Waals surface area contributed by atoms with E-state index in [0.29, 0.717) is 18.4 Å². The van der Waals surface area contributed by atoms with Gasteiger partial charge in [-0.3, -0.25) is 4.79 Å². The Balaban J connectivity index is 2.35. The van der Waals surface area contributed by atoms with E-state index in [1.54, 1.807) is 0 Å². The molecule has 86 valence electrons. The van der Waals surface area contributed by atoms with Gasteiger partial charge in [0.05, 0.1) is 6.54 Å². The maximum Gasteiger partial charge on any atom is 0.172 e. The summed E-state index contributed by atoms with van der Waals surface area (Å²) in [6.45, 7) is 4.77. The molecule has 2 nitrogen and oxygen atoms in total. The average molecular weight is 209 g/mol. The van der Waals surface area contributed by atoms with Crippen LogP contribution in [-0.2, 0) is 4.79 Å². The van der Waals surface area contributed by atoms with E-state index in [2.05, 4.69) is 25.2 Å². The lowest BCUT2D eigenvalue weighted by atomic mass is 10.1. The van der Waals surface area contributed by atoms with Crippen molar-refractivity contribution >= 4 is 5.78 Å². The number of carbonyl (C=O) groups excluding carboxylic acids is 1. The minimum atomic E-state index is 0.303. The van der Waals surface area contributed by atoms with Crippen LogP contribution in [0.1, 0.15) is 52.4 Å². The van der Waals surface area contributed by atoms with E-state index in [-0.39, 0.29) is 0 Å². The molecule has 0 aromatic heterocycles. The molecular formula is C13H23NO. The molecule has 0 heterocycles. The number of carbonyl (C=O) groups is 1. The third kappa shape index (κ3) is 4.61. The highest BCUT2D eigenvalue weighted by Gasteiger charge is 2.11. The third-order valence-corrected chi connectivity index (χ3v) is 3.12. The second-order valence-corrected chi connectivity index (χ2v) is 4.44. The Morgan fingerprint density at radius 2 is 2.27 bits per heavy atom. The number of hydrogen-bond acceptors (Lipinski definition) is 2. The predicted molar refractivity (Wildman–Crippen MR) is 63.9 cm³/mol. The third-order valence-electron chi connectivity index (χ3n) is 3.12. The molecule has 0 saturated carbocycles. The monoisotopic (exact) mass is 209 g/mol. The summed E-state index contributed by atoms with van der Waals surface area (Å²) in [5.41, 5.74) is 1.06. The molecule has 15 heavy (non-hydrogen) atoms. The first kappa shape index (κ1) is 12.4. The second kappa shape index (κ2) is 6.78. The Bertz CT molecular complexity index is 233. The van der Waals surface area contributed by atoms with Crippen molar-refractivity contribution in [2.75, 3.05) is 6.54 Å². The average Bonchev–Trinajstić information content (AvgIpc) is 2.53. The molecule has 0 fully saturated rings. The van der Waals surface area contributed by atoms with Gasteiger partial charge < -0.3 is 5.32 Å². The van der Waals surface area contributed by atoms with Crippen LogP contribution in [0.25, 0.3) is 0 Å². The molecule has 0 bridgehead atoms. The molecule has 2 heteroatoms. The summed E-state index contributed by atoms with van der Waals surface area (Å²) in [7, 11) is 0. The van der Waals surface area contributed by atoms with Gasteiger partial charge in [-0.1, -0.05) is 19.4 Å². The maximum atomic E-state index is 11.8. The molecular weight excluding hydrogens is 186 g/mol. The first-order valence-electron chi connectivity index (χ1n) is 6.19. The highest BCUT2D eigenvalue weighted by Crippen LogP contribution is 2.17. The topological polar surface area (TPSA) is 29.1 Å². The number of hydrogen-bond donors (Lipinski definition) is 1. The Morgan fingerprint density at radius 1 is 1.47 bits per heavy atom. The van der Waals surface area contributed by atoms with Gasteiger partial charge in [-0.05, 0) is 44.6 Å². The van der Waals surface area contributed by atoms with Crippen molar-refractivity contribution in [1.29, 1.82) is 0 Å². The SMILES string of the molecule is CCC(C)NCC(=O)C1=CCCCCC1. The van der Waals surface area contributed by atoms with Gasteiger partial charge in [0.15, 0.2) is 5.78 Å². The van der Waals surface area contributed by atoms with E-state index in [9.17, 15) is 4.79 Å². The highest BCUT2D eigenvalue weighted by atomic mass is 16.1. The van der Waals surface area contributed by atoms with Gasteiger partial charge in [0.2, 0.25) is 0 Å². The fraction of sp³-hybridized carbons (Fsp3) is 0.769. The van der Waals surface area contributed by atoms with Crippen molar-refractivity contribution in [3.63, 3.8) is 0 Å². The number of nitrogens with one attached hydrogen (secondary N) is 1. The molecule has 1 unspecified atom stereocenters. The van der Waals surface area contributed by atoms with Crippen molar-refractivity contribution in [3.8, 4) is 0 Å². The minimum absolute atomic E-state index is 0.303. The summed E-state index contributed by atoms with van der Waals surface area (Å²) in [6, 6.07) is 0.445. The zero-order valence-electron chi connectivity index (χ0n) is 10.0. The largest absolute Gasteiger partial charge is 0.307 e. The van der Waals surface area contributed by atoms with Crippen molar-refractivity contribution in [3.05, 3.63) is 11.6 Å². The lowest BCUT2D eigenvalue weighted by Crippen LogP contribution is -2.31. The summed E-state index contributed by atoms with van der Waals surface area (Å²) < 4.78 is 0. The van der Waals surface area contributed by atoms with Gasteiger partial charge in [0.1, 0.15) is 0 Å². The Morgan fingerprint density at radius 3 is 3.00 bits per heavy atom. The number of allylic oxidation sites excluding steroid dienone is 1. The lowest BCUT2D eigenvalue weighted by molar-refractivity contribution is -0.115. The molecule has 1 N–H and O–H groups in total. The normalized spacial score (nSPS) is 19.2. The van der Waals surface area contributed by atoms with E-state index in [4.69, 9.17) is 0 Å². The van der Waals surface area contributed by atoms with Crippen molar-refractivity contribution in [2.24, 2.45) is 0 Å². The van der Waals surface area contributed by atoms with Crippen molar-refractivity contribution in [2.45, 2.75) is 58.4 Å². The van der Waals surface area contributed by atoms with E-state index in [1.807, 2.05) is 0 Å². The smallest absolute Gasteiger partial charge is 0.172 e. The molecule has 0 saturated heterocycles. The van der Waals surface area contributed by atoms with Crippen LogP contribution in [-0.4, -0.2) is 18.4 Å². The fourth-order valence-electron chi connectivity index (χ4n) is 1.79. The van der Waals surface area contributed by atoms with Crippen LogP contribution in [0.15, 0.2) is 11.6 Å². The summed E-state index contributed by atoms with van der Waals surface area (Å²) >= 11 is 0. The van der Waals surface area contributed by atoms with Gasteiger partial charge >= 0.3 is 0 Å². The van der Waals surface area contributed by atoms with Crippen LogP contribution in [0.3, 0.4) is 0 Å². The van der Waals surface area contributed by atoms with E-state index in [0.717, 1.165) is 24.8 Å². The summed E-state index contributed by atoms with van der Waals surface area (Å²) in [5.74, 6) is 0.303. The standard InChI is InChI=1S/C13H23NO/c1-3-11(2)14-10-13(15)12-8-6-4-5-7-9-12/h8,11,14H,3-7,9-10H2,1-2H3. The molecule has 0 amide bonds. The summed E-state index contributed by atoms with van der Waals surface area (Å²) in [6.07, 6.45) is 8.99. The van der Waals surface area contributed by atoms with Crippen LogP contribution in [0.4, 0.5) is 0 Å². The number of rotatable bonds is 5. The molecule has 1 rings (SSSR count). The van der Waals surface area contributed by atoms with Gasteiger partial charge in [-0.15, -0.1) is 0 Å². The first-order chi connectivity index (χ1) is 7.24. The van der Waals surface area contributed by atoms with Gasteiger partial charge in [-0.2, -0.15) is 0 Å². The molecule has 1 atom stereocenters. The minimum Gasteiger partial charge on any atom is -0.307 e.